The maximum atomic E-state index is 12.8. The third kappa shape index (κ3) is 8.15. The van der Waals surface area contributed by atoms with Crippen molar-refractivity contribution in [3.05, 3.63) is 0 Å². The highest BCUT2D eigenvalue weighted by atomic mass is 16.8. The molecule has 0 aromatic rings. The Morgan fingerprint density at radius 1 is 0.795 bits per heavy atom. The maximum absolute atomic E-state index is 12.8. The Hall–Kier alpha value is -3.05. The number of ketones is 1. The molecule has 4 atom stereocenters. The zero-order valence-corrected chi connectivity index (χ0v) is 26.9. The van der Waals surface area contributed by atoms with Crippen molar-refractivity contribution in [1.29, 1.82) is 0 Å². The minimum Gasteiger partial charge on any atom is -0.458 e. The number of carbonyl (C=O) groups is 5. The summed E-state index contributed by atoms with van der Waals surface area (Å²) in [6, 6.07) is 0. The highest BCUT2D eigenvalue weighted by molar-refractivity contribution is 5.84. The van der Waals surface area contributed by atoms with E-state index in [1.54, 1.807) is 0 Å². The van der Waals surface area contributed by atoms with Crippen LogP contribution in [-0.4, -0.2) is 73.4 Å². The zero-order chi connectivity index (χ0) is 32.3. The van der Waals surface area contributed by atoms with Gasteiger partial charge in [0, 0.05) is 18.3 Å². The van der Waals surface area contributed by atoms with E-state index < -0.39 is 41.2 Å². The first kappa shape index (κ1) is 33.8. The Morgan fingerprint density at radius 2 is 1.32 bits per heavy atom. The van der Waals surface area contributed by atoms with Crippen molar-refractivity contribution in [2.24, 2.45) is 22.7 Å². The first-order chi connectivity index (χ1) is 20.6. The number of hydrogen-bond acceptors (Lipinski definition) is 12. The summed E-state index contributed by atoms with van der Waals surface area (Å²) in [7, 11) is 0. The van der Waals surface area contributed by atoms with E-state index in [0.29, 0.717) is 37.5 Å². The van der Waals surface area contributed by atoms with Gasteiger partial charge < -0.3 is 33.2 Å². The molecule has 0 amide bonds. The van der Waals surface area contributed by atoms with Gasteiger partial charge in [0.1, 0.15) is 42.9 Å². The molecule has 6 aliphatic rings. The summed E-state index contributed by atoms with van der Waals surface area (Å²) in [6.45, 7) is 11.9. The van der Waals surface area contributed by atoms with Crippen LogP contribution >= 0.6 is 0 Å². The van der Waals surface area contributed by atoms with Gasteiger partial charge in [-0.05, 0) is 77.0 Å². The van der Waals surface area contributed by atoms with Crippen LogP contribution in [0.2, 0.25) is 0 Å². The number of rotatable bonds is 11. The van der Waals surface area contributed by atoms with Crippen molar-refractivity contribution in [2.75, 3.05) is 19.8 Å². The molecule has 4 saturated carbocycles. The van der Waals surface area contributed by atoms with Crippen LogP contribution in [0.3, 0.4) is 0 Å². The van der Waals surface area contributed by atoms with Crippen LogP contribution in [0.4, 0.5) is 14.4 Å². The Kier molecular flexibility index (Phi) is 10.1. The van der Waals surface area contributed by atoms with Crippen molar-refractivity contribution in [2.45, 2.75) is 129 Å². The van der Waals surface area contributed by atoms with Gasteiger partial charge in [-0.25, -0.2) is 14.4 Å². The highest BCUT2D eigenvalue weighted by Crippen LogP contribution is 2.60. The normalized spacial score (nSPS) is 32.0. The molecule has 12 nitrogen and oxygen atoms in total. The molecule has 248 valence electrons. The molecule has 2 aliphatic heterocycles. The van der Waals surface area contributed by atoms with Gasteiger partial charge in [-0.3, -0.25) is 9.59 Å². The monoisotopic (exact) mass is 624 g/mol. The lowest BCUT2D eigenvalue weighted by Crippen LogP contribution is -2.62. The fraction of sp³-hybridized carbons (Fsp3) is 0.844. The molecular formula is C32H48O12. The molecule has 2 saturated heterocycles. The first-order valence-corrected chi connectivity index (χ1v) is 15.9. The van der Waals surface area contributed by atoms with E-state index in [0.717, 1.165) is 38.5 Å². The number of hydrogen-bond donors (Lipinski definition) is 0. The summed E-state index contributed by atoms with van der Waals surface area (Å²) < 4.78 is 36.1. The summed E-state index contributed by atoms with van der Waals surface area (Å²) in [6.07, 6.45) is 4.38. The van der Waals surface area contributed by atoms with Crippen molar-refractivity contribution in [1.82, 2.24) is 0 Å². The predicted molar refractivity (Wildman–Crippen MR) is 153 cm³/mol. The van der Waals surface area contributed by atoms with Crippen LogP contribution in [0.1, 0.15) is 106 Å². The van der Waals surface area contributed by atoms with Gasteiger partial charge >= 0.3 is 24.4 Å². The second kappa shape index (κ2) is 13.1. The van der Waals surface area contributed by atoms with Crippen molar-refractivity contribution < 1.29 is 57.1 Å². The van der Waals surface area contributed by atoms with Gasteiger partial charge in [0.25, 0.3) is 0 Å². The number of ether oxygens (including phenoxy) is 7. The molecule has 4 unspecified atom stereocenters. The predicted octanol–water partition coefficient (Wildman–Crippen LogP) is 6.05. The Morgan fingerprint density at radius 3 is 1.82 bits per heavy atom. The minimum absolute atomic E-state index is 0.0632. The molecule has 4 bridgehead atoms. The molecule has 44 heavy (non-hydrogen) atoms. The van der Waals surface area contributed by atoms with Crippen molar-refractivity contribution in [3.8, 4) is 0 Å². The highest BCUT2D eigenvalue weighted by Gasteiger charge is 2.62. The van der Waals surface area contributed by atoms with Gasteiger partial charge in [-0.1, -0.05) is 27.7 Å². The summed E-state index contributed by atoms with van der Waals surface area (Å²) in [5.74, 6) is 0.798. The van der Waals surface area contributed by atoms with Gasteiger partial charge in [0.15, 0.2) is 6.10 Å². The lowest BCUT2D eigenvalue weighted by Gasteiger charge is -2.60. The quantitative estimate of drug-likeness (QED) is 0.194. The van der Waals surface area contributed by atoms with Crippen LogP contribution < -0.4 is 0 Å². The second-order valence-electron chi connectivity index (χ2n) is 14.4. The number of cyclic esters (lactones) is 4. The topological polar surface area (TPSA) is 150 Å². The zero-order valence-electron chi connectivity index (χ0n) is 26.9. The largest absolute Gasteiger partial charge is 0.508 e. The Labute approximate surface area is 259 Å². The molecule has 0 aromatic carbocycles. The van der Waals surface area contributed by atoms with Gasteiger partial charge in [0.05, 0.1) is 5.41 Å². The van der Waals surface area contributed by atoms with E-state index in [1.807, 2.05) is 41.5 Å². The van der Waals surface area contributed by atoms with Crippen LogP contribution in [0, 0.1) is 22.7 Å². The molecule has 0 radical (unpaired) electrons. The third-order valence-electron chi connectivity index (χ3n) is 10.0. The summed E-state index contributed by atoms with van der Waals surface area (Å²) in [5, 5.41) is 0. The minimum atomic E-state index is -0.773. The average Bonchev–Trinajstić information content (AvgIpc) is 3.56. The third-order valence-corrected chi connectivity index (χ3v) is 10.0. The lowest BCUT2D eigenvalue weighted by molar-refractivity contribution is -0.228. The Bertz CT molecular complexity index is 1100. The molecule has 0 N–H and O–H groups in total. The fourth-order valence-electron chi connectivity index (χ4n) is 6.96. The second-order valence-corrected chi connectivity index (χ2v) is 14.4. The number of esters is 1. The molecular weight excluding hydrogens is 576 g/mol. The van der Waals surface area contributed by atoms with Crippen molar-refractivity contribution >= 4 is 30.2 Å². The molecule has 0 spiro atoms. The van der Waals surface area contributed by atoms with Crippen LogP contribution in [0.5, 0.6) is 0 Å². The van der Waals surface area contributed by atoms with Crippen molar-refractivity contribution in [3.63, 3.8) is 0 Å². The molecule has 6 fully saturated rings. The van der Waals surface area contributed by atoms with Crippen LogP contribution in [0.25, 0.3) is 0 Å². The van der Waals surface area contributed by atoms with Gasteiger partial charge in [-0.2, -0.15) is 0 Å². The maximum Gasteiger partial charge on any atom is 0.508 e. The molecule has 6 rings (SSSR count). The van der Waals surface area contributed by atoms with Crippen LogP contribution in [-0.2, 0) is 42.7 Å². The lowest BCUT2D eigenvalue weighted by atomic mass is 9.52. The van der Waals surface area contributed by atoms with E-state index in [2.05, 4.69) is 9.47 Å². The van der Waals surface area contributed by atoms with E-state index in [-0.39, 0.29) is 43.1 Å². The standard InChI is InChI=1S/C21H30O8.C11H18O4/c1-4-19(2,3)16(22)28-20-6-13-5-14(7-20)9-21(8-13,12-20)29-18(24)26-11-15-10-25-17(23)27-15;1-4-11(2,3)9(12)6-5-8-7-14-10(13)15-8/h13-15H,4-12H2,1-3H3;8H,4-7H2,1-3H3. The van der Waals surface area contributed by atoms with Gasteiger partial charge in [0.2, 0.25) is 0 Å². The SMILES string of the molecule is CCC(C)(C)C(=O)CCC1COC(=O)O1.CCC(C)(C)C(=O)OC12CC3CC(CC(OC(=O)OCC4COC(=O)O4)(C3)C1)C2. The van der Waals surface area contributed by atoms with E-state index in [1.165, 1.54) is 0 Å². The average molecular weight is 625 g/mol. The summed E-state index contributed by atoms with van der Waals surface area (Å²) in [4.78, 5) is 58.5. The smallest absolute Gasteiger partial charge is 0.458 e. The molecule has 2 heterocycles. The summed E-state index contributed by atoms with van der Waals surface area (Å²) >= 11 is 0. The van der Waals surface area contributed by atoms with Gasteiger partial charge in [-0.15, -0.1) is 0 Å². The molecule has 12 heteroatoms. The number of Topliss-reactive ketones (excluding diaryl/α,β-unsaturated/α-hetero) is 1. The van der Waals surface area contributed by atoms with E-state index >= 15 is 0 Å². The summed E-state index contributed by atoms with van der Waals surface area (Å²) in [5.41, 5.74) is -2.01. The van der Waals surface area contributed by atoms with Crippen LogP contribution in [0.15, 0.2) is 0 Å². The molecule has 4 aliphatic carbocycles. The first-order valence-electron chi connectivity index (χ1n) is 15.9. The van der Waals surface area contributed by atoms with E-state index in [9.17, 15) is 24.0 Å². The Balaban J connectivity index is 0.000000249. The molecule has 0 aromatic heterocycles. The van der Waals surface area contributed by atoms with E-state index in [4.69, 9.17) is 23.7 Å². The fourth-order valence-corrected chi connectivity index (χ4v) is 6.96. The number of carbonyl (C=O) groups excluding carboxylic acids is 5.